The van der Waals surface area contributed by atoms with E-state index in [1.165, 1.54) is 38.5 Å². The van der Waals surface area contributed by atoms with Gasteiger partial charge in [0.15, 0.2) is 0 Å². The molecule has 0 aliphatic heterocycles. The van der Waals surface area contributed by atoms with Gasteiger partial charge in [0.25, 0.3) is 0 Å². The molecule has 0 amide bonds. The van der Waals surface area contributed by atoms with Gasteiger partial charge in [-0.3, -0.25) is 0 Å². The first-order valence-electron chi connectivity index (χ1n) is 5.09. The van der Waals surface area contributed by atoms with E-state index in [0.29, 0.717) is 0 Å². The van der Waals surface area contributed by atoms with Gasteiger partial charge in [-0.05, 0) is 0 Å². The number of nitrogens with zero attached hydrogens (tertiary/aromatic N) is 1. The molecule has 4 saturated carbocycles. The molecule has 4 aliphatic rings. The summed E-state index contributed by atoms with van der Waals surface area (Å²) in [5.41, 5.74) is 0.273. The van der Waals surface area contributed by atoms with Crippen LogP contribution in [-0.4, -0.2) is 5.54 Å². The molecule has 0 saturated heterocycles. The molecule has 4 fully saturated rings. The van der Waals surface area contributed by atoms with Crippen molar-refractivity contribution in [2.24, 2.45) is 21.7 Å². The summed E-state index contributed by atoms with van der Waals surface area (Å²) in [6.45, 7) is 0. The van der Waals surface area contributed by atoms with Crippen LogP contribution in [0.15, 0.2) is 3.96 Å². The van der Waals surface area contributed by atoms with Gasteiger partial charge in [-0.25, -0.2) is 0 Å². The fourth-order valence-corrected chi connectivity index (χ4v) is 4.41. The van der Waals surface area contributed by atoms with Crippen LogP contribution in [0, 0.1) is 17.8 Å². The molecule has 0 radical (unpaired) electrons. The summed E-state index contributed by atoms with van der Waals surface area (Å²) in [5, 5.41) is 0. The van der Waals surface area contributed by atoms with E-state index < -0.39 is 0 Å². The quantitative estimate of drug-likeness (QED) is 0.593. The fraction of sp³-hybridized carbons (Fsp3) is 1.00. The van der Waals surface area contributed by atoms with Crippen LogP contribution in [0.1, 0.15) is 38.5 Å². The van der Waals surface area contributed by atoms with Gasteiger partial charge in [-0.2, -0.15) is 0 Å². The SMILES string of the molecule is [Cu]=[N]C12CC3CC(CC(C3)C1)C2. The number of hydrogen-bond donors (Lipinski definition) is 0. The Morgan fingerprint density at radius 1 is 0.917 bits per heavy atom. The fourth-order valence-electron chi connectivity index (χ4n) is 4.15. The molecule has 71 valence electrons. The molecule has 12 heavy (non-hydrogen) atoms. The van der Waals surface area contributed by atoms with Gasteiger partial charge in [-0.1, -0.05) is 0 Å². The maximum absolute atomic E-state index is 5.11. The van der Waals surface area contributed by atoms with Crippen molar-refractivity contribution in [1.29, 1.82) is 0 Å². The second kappa shape index (κ2) is 2.42. The molecule has 0 heterocycles. The van der Waals surface area contributed by atoms with E-state index in [-0.39, 0.29) is 5.54 Å². The Balaban J connectivity index is 1.95. The zero-order valence-electron chi connectivity index (χ0n) is 7.22. The Morgan fingerprint density at radius 3 is 1.67 bits per heavy atom. The Kier molecular flexibility index (Phi) is 1.55. The minimum absolute atomic E-state index is 0.273. The van der Waals surface area contributed by atoms with Gasteiger partial charge in [0.1, 0.15) is 0 Å². The molecule has 0 N–H and O–H groups in total. The van der Waals surface area contributed by atoms with Gasteiger partial charge in [0, 0.05) is 0 Å². The van der Waals surface area contributed by atoms with Crippen LogP contribution in [0.5, 0.6) is 0 Å². The predicted octanol–water partition coefficient (Wildman–Crippen LogP) is 2.69. The first-order valence-corrected chi connectivity index (χ1v) is 5.51. The van der Waals surface area contributed by atoms with Crippen molar-refractivity contribution >= 4 is 0 Å². The van der Waals surface area contributed by atoms with E-state index in [1.54, 1.807) is 0 Å². The second-order valence-electron chi connectivity index (χ2n) is 5.21. The Labute approximate surface area is 81.9 Å². The average molecular weight is 213 g/mol. The van der Waals surface area contributed by atoms with Crippen LogP contribution in [0.2, 0.25) is 0 Å². The molecule has 4 rings (SSSR count). The second-order valence-corrected chi connectivity index (χ2v) is 5.42. The Morgan fingerprint density at radius 2 is 1.33 bits per heavy atom. The third-order valence-corrected chi connectivity index (χ3v) is 4.60. The third kappa shape index (κ3) is 0.975. The molecule has 2 heteroatoms. The van der Waals surface area contributed by atoms with E-state index in [0.717, 1.165) is 17.8 Å². The molecule has 0 aromatic carbocycles. The summed E-state index contributed by atoms with van der Waals surface area (Å²) in [7, 11) is 0. The molecule has 4 aliphatic carbocycles. The molecular formula is C10H15CuN. The first-order chi connectivity index (χ1) is 5.80. The molecule has 0 atom stereocenters. The van der Waals surface area contributed by atoms with Gasteiger partial charge >= 0.3 is 81.6 Å². The van der Waals surface area contributed by atoms with Gasteiger partial charge in [0.05, 0.1) is 0 Å². The normalized spacial score (nSPS) is 56.0. The number of hydrogen-bond acceptors (Lipinski definition) is 1. The van der Waals surface area contributed by atoms with Crippen LogP contribution in [-0.2, 0) is 15.8 Å². The monoisotopic (exact) mass is 212 g/mol. The molecule has 0 aromatic heterocycles. The van der Waals surface area contributed by atoms with E-state index in [9.17, 15) is 0 Å². The molecule has 0 aromatic rings. The minimum atomic E-state index is 0.273. The summed E-state index contributed by atoms with van der Waals surface area (Å²) >= 11 is 5.11. The van der Waals surface area contributed by atoms with Crippen molar-refractivity contribution in [2.45, 2.75) is 44.1 Å². The molecular weight excluding hydrogens is 198 g/mol. The van der Waals surface area contributed by atoms with E-state index in [1.807, 2.05) is 0 Å². The standard InChI is InChI=1S/C10H15N.Cu/c11-10-4-7-1-8(5-10)3-9(2-7)6-10;/h7-9H,1-6H2;. The van der Waals surface area contributed by atoms with Gasteiger partial charge in [0.2, 0.25) is 0 Å². The van der Waals surface area contributed by atoms with Crippen LogP contribution >= 0.6 is 0 Å². The summed E-state index contributed by atoms with van der Waals surface area (Å²) in [5.74, 6) is 2.96. The van der Waals surface area contributed by atoms with Crippen molar-refractivity contribution in [2.75, 3.05) is 0 Å². The van der Waals surface area contributed by atoms with Crippen molar-refractivity contribution in [3.63, 3.8) is 0 Å². The zero-order valence-corrected chi connectivity index (χ0v) is 8.17. The zero-order chi connectivity index (χ0) is 8.18. The van der Waals surface area contributed by atoms with E-state index >= 15 is 0 Å². The third-order valence-electron chi connectivity index (χ3n) is 4.15. The Bertz CT molecular complexity index is 189. The summed E-state index contributed by atoms with van der Waals surface area (Å²) in [6, 6.07) is 0. The van der Waals surface area contributed by atoms with Crippen molar-refractivity contribution in [1.82, 2.24) is 0 Å². The van der Waals surface area contributed by atoms with Crippen LogP contribution in [0.4, 0.5) is 0 Å². The van der Waals surface area contributed by atoms with Crippen LogP contribution in [0.3, 0.4) is 0 Å². The van der Waals surface area contributed by atoms with Crippen LogP contribution in [0.25, 0.3) is 0 Å². The maximum atomic E-state index is 5.11. The van der Waals surface area contributed by atoms with Crippen molar-refractivity contribution in [3.05, 3.63) is 0 Å². The topological polar surface area (TPSA) is 12.4 Å². The summed E-state index contributed by atoms with van der Waals surface area (Å²) in [4.78, 5) is 0. The Hall–Kier alpha value is 0.319. The van der Waals surface area contributed by atoms with E-state index in [4.69, 9.17) is 15.8 Å². The van der Waals surface area contributed by atoms with Crippen molar-refractivity contribution < 1.29 is 15.8 Å². The first kappa shape index (κ1) is 7.70. The summed E-state index contributed by atoms with van der Waals surface area (Å²) in [6.07, 6.45) is 8.41. The van der Waals surface area contributed by atoms with Crippen LogP contribution < -0.4 is 0 Å². The molecule has 4 bridgehead atoms. The van der Waals surface area contributed by atoms with Gasteiger partial charge in [-0.15, -0.1) is 0 Å². The predicted molar refractivity (Wildman–Crippen MR) is 43.3 cm³/mol. The molecule has 0 unspecified atom stereocenters. The number of rotatable bonds is 1. The average Bonchev–Trinajstić information content (AvgIpc) is 2.02. The molecule has 1 nitrogen and oxygen atoms in total. The molecule has 0 spiro atoms. The summed E-state index contributed by atoms with van der Waals surface area (Å²) < 4.78 is 4.24. The van der Waals surface area contributed by atoms with Gasteiger partial charge < -0.3 is 0 Å². The van der Waals surface area contributed by atoms with Crippen molar-refractivity contribution in [3.8, 4) is 0 Å². The van der Waals surface area contributed by atoms with E-state index in [2.05, 4.69) is 3.96 Å².